The highest BCUT2D eigenvalue weighted by Crippen LogP contribution is 2.49. The van der Waals surface area contributed by atoms with Crippen molar-refractivity contribution in [2.24, 2.45) is 11.7 Å². The van der Waals surface area contributed by atoms with Crippen LogP contribution in [0.2, 0.25) is 5.02 Å². The molecule has 0 aliphatic heterocycles. The van der Waals surface area contributed by atoms with E-state index >= 15 is 0 Å². The van der Waals surface area contributed by atoms with E-state index in [-0.39, 0.29) is 0 Å². The Morgan fingerprint density at radius 2 is 2.31 bits per heavy atom. The predicted octanol–water partition coefficient (Wildman–Crippen LogP) is 2.11. The van der Waals surface area contributed by atoms with Gasteiger partial charge in [-0.25, -0.2) is 0 Å². The van der Waals surface area contributed by atoms with Crippen LogP contribution in [0.25, 0.3) is 0 Å². The van der Waals surface area contributed by atoms with E-state index in [1.807, 2.05) is 12.1 Å². The van der Waals surface area contributed by atoms with E-state index in [2.05, 4.69) is 0 Å². The van der Waals surface area contributed by atoms with Gasteiger partial charge in [0.1, 0.15) is 5.75 Å². The summed E-state index contributed by atoms with van der Waals surface area (Å²) in [6.45, 7) is 0.701. The number of hydrogen-bond acceptors (Lipinski definition) is 2. The second kappa shape index (κ2) is 3.20. The Kier molecular flexibility index (Phi) is 2.18. The molecule has 2 rings (SSSR count). The molecule has 2 nitrogen and oxygen atoms in total. The van der Waals surface area contributed by atoms with Gasteiger partial charge in [0.15, 0.2) is 0 Å². The van der Waals surface area contributed by atoms with Crippen LogP contribution in [0.3, 0.4) is 0 Å². The number of benzene rings is 1. The first-order valence-electron chi connectivity index (χ1n) is 4.41. The van der Waals surface area contributed by atoms with Gasteiger partial charge in [-0.15, -0.1) is 0 Å². The van der Waals surface area contributed by atoms with Crippen LogP contribution >= 0.6 is 11.6 Å². The summed E-state index contributed by atoms with van der Waals surface area (Å²) in [6.07, 6.45) is 1.09. The van der Waals surface area contributed by atoms with Gasteiger partial charge in [0.05, 0.1) is 0 Å². The summed E-state index contributed by atoms with van der Waals surface area (Å²) in [5.41, 5.74) is 6.52. The Hall–Kier alpha value is -0.730. The molecule has 3 N–H and O–H groups in total. The van der Waals surface area contributed by atoms with Crippen LogP contribution in [0, 0.1) is 5.92 Å². The SMILES string of the molecule is NC[C@@H]1C[C@H]1c1ccc(Cl)cc1O. The monoisotopic (exact) mass is 197 g/mol. The minimum absolute atomic E-state index is 0.299. The average molecular weight is 198 g/mol. The van der Waals surface area contributed by atoms with Crippen molar-refractivity contribution in [3.8, 4) is 5.75 Å². The van der Waals surface area contributed by atoms with E-state index in [9.17, 15) is 5.11 Å². The highest BCUT2D eigenvalue weighted by Gasteiger charge is 2.38. The Morgan fingerprint density at radius 3 is 2.85 bits per heavy atom. The standard InChI is InChI=1S/C10H12ClNO/c11-7-1-2-8(10(13)4-7)9-3-6(9)5-12/h1-2,4,6,9,13H,3,5,12H2/t6-,9+/m0/s1. The van der Waals surface area contributed by atoms with Gasteiger partial charge in [-0.1, -0.05) is 17.7 Å². The van der Waals surface area contributed by atoms with Gasteiger partial charge in [-0.05, 0) is 42.5 Å². The molecule has 0 spiro atoms. The van der Waals surface area contributed by atoms with Crippen molar-refractivity contribution in [3.05, 3.63) is 28.8 Å². The third-order valence-corrected chi connectivity index (χ3v) is 2.85. The smallest absolute Gasteiger partial charge is 0.120 e. The molecule has 1 aromatic carbocycles. The molecule has 1 fully saturated rings. The van der Waals surface area contributed by atoms with Gasteiger partial charge in [-0.2, -0.15) is 0 Å². The van der Waals surface area contributed by atoms with Gasteiger partial charge >= 0.3 is 0 Å². The Labute approximate surface area is 82.3 Å². The van der Waals surface area contributed by atoms with Crippen LogP contribution in [-0.2, 0) is 0 Å². The molecular weight excluding hydrogens is 186 g/mol. The summed E-state index contributed by atoms with van der Waals surface area (Å²) in [7, 11) is 0. The van der Waals surface area contributed by atoms with Crippen LogP contribution < -0.4 is 5.73 Å². The van der Waals surface area contributed by atoms with Gasteiger partial charge in [0, 0.05) is 5.02 Å². The fraction of sp³-hybridized carbons (Fsp3) is 0.400. The molecule has 1 saturated carbocycles. The molecule has 0 unspecified atom stereocenters. The molecule has 0 amide bonds. The minimum Gasteiger partial charge on any atom is -0.508 e. The normalized spacial score (nSPS) is 26.0. The molecule has 13 heavy (non-hydrogen) atoms. The third kappa shape index (κ3) is 1.64. The summed E-state index contributed by atoms with van der Waals surface area (Å²) in [4.78, 5) is 0. The van der Waals surface area contributed by atoms with Crippen LogP contribution in [0.4, 0.5) is 0 Å². The molecule has 0 aromatic heterocycles. The van der Waals surface area contributed by atoms with Gasteiger partial charge in [0.2, 0.25) is 0 Å². The minimum atomic E-state index is 0.299. The molecule has 2 atom stereocenters. The molecule has 0 bridgehead atoms. The number of rotatable bonds is 2. The molecule has 3 heteroatoms. The van der Waals surface area contributed by atoms with Crippen molar-refractivity contribution < 1.29 is 5.11 Å². The lowest BCUT2D eigenvalue weighted by Gasteiger charge is -2.03. The zero-order valence-electron chi connectivity index (χ0n) is 7.20. The number of nitrogens with two attached hydrogens (primary N) is 1. The molecule has 0 radical (unpaired) electrons. The van der Waals surface area contributed by atoms with E-state index in [1.165, 1.54) is 0 Å². The molecule has 1 aliphatic carbocycles. The molecular formula is C10H12ClNO. The quantitative estimate of drug-likeness (QED) is 0.763. The van der Waals surface area contributed by atoms with E-state index in [0.717, 1.165) is 12.0 Å². The highest BCUT2D eigenvalue weighted by atomic mass is 35.5. The second-order valence-electron chi connectivity index (χ2n) is 3.54. The van der Waals surface area contributed by atoms with Gasteiger partial charge in [-0.3, -0.25) is 0 Å². The van der Waals surface area contributed by atoms with Crippen molar-refractivity contribution in [1.29, 1.82) is 0 Å². The molecule has 1 aliphatic rings. The van der Waals surface area contributed by atoms with E-state index < -0.39 is 0 Å². The second-order valence-corrected chi connectivity index (χ2v) is 3.98. The fourth-order valence-corrected chi connectivity index (χ4v) is 1.89. The molecule has 1 aromatic rings. The van der Waals surface area contributed by atoms with Crippen LogP contribution in [-0.4, -0.2) is 11.7 Å². The zero-order valence-corrected chi connectivity index (χ0v) is 7.96. The predicted molar refractivity (Wildman–Crippen MR) is 53.0 cm³/mol. The maximum absolute atomic E-state index is 9.59. The Balaban J connectivity index is 2.22. The molecule has 70 valence electrons. The Morgan fingerprint density at radius 1 is 1.54 bits per heavy atom. The first-order chi connectivity index (χ1) is 6.22. The van der Waals surface area contributed by atoms with Crippen molar-refractivity contribution in [2.75, 3.05) is 6.54 Å². The van der Waals surface area contributed by atoms with E-state index in [4.69, 9.17) is 17.3 Å². The summed E-state index contributed by atoms with van der Waals surface area (Å²) < 4.78 is 0. The largest absolute Gasteiger partial charge is 0.508 e. The maximum atomic E-state index is 9.59. The number of phenols is 1. The summed E-state index contributed by atoms with van der Waals surface area (Å²) in [5.74, 6) is 1.29. The Bertz CT molecular complexity index is 327. The summed E-state index contributed by atoms with van der Waals surface area (Å²) in [6, 6.07) is 5.28. The first-order valence-corrected chi connectivity index (χ1v) is 4.78. The lowest BCUT2D eigenvalue weighted by molar-refractivity contribution is 0.467. The lowest BCUT2D eigenvalue weighted by Crippen LogP contribution is -2.01. The average Bonchev–Trinajstić information content (AvgIpc) is 2.83. The molecule has 0 saturated heterocycles. The van der Waals surface area contributed by atoms with Gasteiger partial charge in [0.25, 0.3) is 0 Å². The zero-order chi connectivity index (χ0) is 9.42. The van der Waals surface area contributed by atoms with Crippen molar-refractivity contribution in [1.82, 2.24) is 0 Å². The number of halogens is 1. The van der Waals surface area contributed by atoms with Crippen molar-refractivity contribution in [3.63, 3.8) is 0 Å². The van der Waals surface area contributed by atoms with Gasteiger partial charge < -0.3 is 10.8 Å². The lowest BCUT2D eigenvalue weighted by atomic mass is 10.1. The van der Waals surface area contributed by atoms with Crippen molar-refractivity contribution in [2.45, 2.75) is 12.3 Å². The van der Waals surface area contributed by atoms with Crippen LogP contribution in [0.1, 0.15) is 17.9 Å². The third-order valence-electron chi connectivity index (χ3n) is 2.62. The number of hydrogen-bond donors (Lipinski definition) is 2. The van der Waals surface area contributed by atoms with E-state index in [1.54, 1.807) is 6.07 Å². The highest BCUT2D eigenvalue weighted by molar-refractivity contribution is 6.30. The number of aromatic hydroxyl groups is 1. The van der Waals surface area contributed by atoms with Crippen LogP contribution in [0.5, 0.6) is 5.75 Å². The summed E-state index contributed by atoms with van der Waals surface area (Å²) >= 11 is 5.73. The van der Waals surface area contributed by atoms with Crippen molar-refractivity contribution >= 4 is 11.6 Å². The summed E-state index contributed by atoms with van der Waals surface area (Å²) in [5, 5.41) is 10.2. The van der Waals surface area contributed by atoms with E-state index in [0.29, 0.717) is 29.2 Å². The fourth-order valence-electron chi connectivity index (χ4n) is 1.72. The maximum Gasteiger partial charge on any atom is 0.120 e. The topological polar surface area (TPSA) is 46.2 Å². The first kappa shape index (κ1) is 8.85. The van der Waals surface area contributed by atoms with Crippen LogP contribution in [0.15, 0.2) is 18.2 Å². The number of phenolic OH excluding ortho intramolecular Hbond substituents is 1. The molecule has 0 heterocycles.